The zero-order valence-electron chi connectivity index (χ0n) is 17.5. The molecule has 0 unspecified atom stereocenters. The van der Waals surface area contributed by atoms with Crippen LogP contribution in [0.2, 0.25) is 0 Å². The second kappa shape index (κ2) is 8.10. The van der Waals surface area contributed by atoms with Crippen molar-refractivity contribution in [2.45, 2.75) is 26.2 Å². The Kier molecular flexibility index (Phi) is 5.35. The van der Waals surface area contributed by atoms with Crippen LogP contribution in [-0.2, 0) is 5.41 Å². The first kappa shape index (κ1) is 19.8. The van der Waals surface area contributed by atoms with Crippen LogP contribution in [0.25, 0.3) is 5.82 Å². The molecule has 156 valence electrons. The second-order valence-electron chi connectivity index (χ2n) is 8.31. The van der Waals surface area contributed by atoms with Crippen LogP contribution in [0.1, 0.15) is 26.3 Å². The van der Waals surface area contributed by atoms with Crippen LogP contribution in [0.4, 0.5) is 16.3 Å². The van der Waals surface area contributed by atoms with E-state index in [1.807, 2.05) is 23.1 Å². The molecule has 0 aliphatic carbocycles. The fraction of sp³-hybridized carbons (Fsp3) is 0.381. The number of piperazine rings is 1. The number of urea groups is 1. The van der Waals surface area contributed by atoms with Crippen molar-refractivity contribution in [1.82, 2.24) is 29.6 Å². The monoisotopic (exact) mass is 406 g/mol. The number of hydrogen-bond donors (Lipinski definition) is 1. The Morgan fingerprint density at radius 1 is 0.967 bits per heavy atom. The quantitative estimate of drug-likeness (QED) is 0.719. The van der Waals surface area contributed by atoms with Gasteiger partial charge in [-0.25, -0.2) is 24.4 Å². The number of carbonyl (C=O) groups is 1. The molecular formula is C21H26N8O. The molecule has 1 fully saturated rings. The molecule has 0 bridgehead atoms. The number of aromatic nitrogens is 5. The lowest BCUT2D eigenvalue weighted by atomic mass is 9.87. The number of amides is 2. The van der Waals surface area contributed by atoms with E-state index in [0.717, 1.165) is 11.5 Å². The highest BCUT2D eigenvalue weighted by molar-refractivity contribution is 5.89. The first-order chi connectivity index (χ1) is 14.4. The van der Waals surface area contributed by atoms with E-state index >= 15 is 0 Å². The van der Waals surface area contributed by atoms with Crippen molar-refractivity contribution in [2.24, 2.45) is 0 Å². The lowest BCUT2D eigenvalue weighted by Gasteiger charge is -2.35. The summed E-state index contributed by atoms with van der Waals surface area (Å²) in [7, 11) is 0. The molecule has 2 aromatic heterocycles. The molecule has 1 aliphatic heterocycles. The van der Waals surface area contributed by atoms with Crippen LogP contribution in [0.3, 0.4) is 0 Å². The largest absolute Gasteiger partial charge is 0.353 e. The van der Waals surface area contributed by atoms with E-state index in [1.54, 1.807) is 11.0 Å². The van der Waals surface area contributed by atoms with E-state index < -0.39 is 0 Å². The van der Waals surface area contributed by atoms with Gasteiger partial charge in [-0.2, -0.15) is 5.10 Å². The number of nitrogens with zero attached hydrogens (tertiary/aromatic N) is 7. The summed E-state index contributed by atoms with van der Waals surface area (Å²) in [5.41, 5.74) is 2.14. The highest BCUT2D eigenvalue weighted by Gasteiger charge is 2.22. The molecule has 1 aliphatic rings. The fourth-order valence-corrected chi connectivity index (χ4v) is 3.36. The van der Waals surface area contributed by atoms with E-state index in [1.165, 1.54) is 18.2 Å². The number of benzene rings is 1. The van der Waals surface area contributed by atoms with Gasteiger partial charge in [0.2, 0.25) is 0 Å². The van der Waals surface area contributed by atoms with Crippen molar-refractivity contribution in [2.75, 3.05) is 36.4 Å². The molecule has 0 radical (unpaired) electrons. The Labute approximate surface area is 175 Å². The molecular weight excluding hydrogens is 380 g/mol. The van der Waals surface area contributed by atoms with Crippen LogP contribution in [0.5, 0.6) is 0 Å². The van der Waals surface area contributed by atoms with Gasteiger partial charge in [0.1, 0.15) is 24.8 Å². The van der Waals surface area contributed by atoms with E-state index in [4.69, 9.17) is 0 Å². The highest BCUT2D eigenvalue weighted by Crippen LogP contribution is 2.23. The molecule has 9 heteroatoms. The molecule has 2 amide bonds. The van der Waals surface area contributed by atoms with Gasteiger partial charge in [-0.3, -0.25) is 0 Å². The molecule has 3 aromatic rings. The normalized spacial score (nSPS) is 14.6. The Morgan fingerprint density at radius 3 is 2.30 bits per heavy atom. The summed E-state index contributed by atoms with van der Waals surface area (Å²) in [4.78, 5) is 29.2. The Bertz CT molecular complexity index is 987. The maximum Gasteiger partial charge on any atom is 0.321 e. The average Bonchev–Trinajstić information content (AvgIpc) is 3.29. The molecule has 9 nitrogen and oxygen atoms in total. The van der Waals surface area contributed by atoms with Crippen molar-refractivity contribution >= 4 is 17.5 Å². The van der Waals surface area contributed by atoms with Crippen LogP contribution in [-0.4, -0.2) is 61.8 Å². The average molecular weight is 406 g/mol. The Morgan fingerprint density at radius 2 is 1.67 bits per heavy atom. The van der Waals surface area contributed by atoms with Crippen molar-refractivity contribution in [3.8, 4) is 5.82 Å². The molecule has 0 saturated carbocycles. The minimum absolute atomic E-state index is 0.0795. The molecule has 0 atom stereocenters. The topological polar surface area (TPSA) is 92.1 Å². The van der Waals surface area contributed by atoms with Gasteiger partial charge in [-0.15, -0.1) is 0 Å². The van der Waals surface area contributed by atoms with E-state index in [0.29, 0.717) is 32.0 Å². The summed E-state index contributed by atoms with van der Waals surface area (Å²) in [6, 6.07) is 9.85. The fourth-order valence-electron chi connectivity index (χ4n) is 3.36. The minimum atomic E-state index is -0.0795. The molecule has 1 N–H and O–H groups in total. The third kappa shape index (κ3) is 4.40. The summed E-state index contributed by atoms with van der Waals surface area (Å²) >= 11 is 0. The van der Waals surface area contributed by atoms with Gasteiger partial charge in [0, 0.05) is 37.9 Å². The Hall–Kier alpha value is -3.49. The summed E-state index contributed by atoms with van der Waals surface area (Å²) < 4.78 is 1.60. The van der Waals surface area contributed by atoms with Crippen molar-refractivity contribution in [1.29, 1.82) is 0 Å². The van der Waals surface area contributed by atoms with E-state index in [2.05, 4.69) is 63.2 Å². The minimum Gasteiger partial charge on any atom is -0.353 e. The number of anilines is 2. The van der Waals surface area contributed by atoms with Gasteiger partial charge in [-0.1, -0.05) is 32.9 Å². The number of hydrogen-bond acceptors (Lipinski definition) is 6. The summed E-state index contributed by atoms with van der Waals surface area (Å²) in [6.45, 7) is 9.16. The Balaban J connectivity index is 1.34. The molecule has 30 heavy (non-hydrogen) atoms. The molecule has 1 saturated heterocycles. The van der Waals surface area contributed by atoms with Crippen molar-refractivity contribution in [3.05, 3.63) is 54.9 Å². The summed E-state index contributed by atoms with van der Waals surface area (Å²) in [5, 5.41) is 7.10. The van der Waals surface area contributed by atoms with Gasteiger partial charge in [0.25, 0.3) is 0 Å². The number of carbonyl (C=O) groups excluding carboxylic acids is 1. The first-order valence-corrected chi connectivity index (χ1v) is 9.98. The predicted octanol–water partition coefficient (Wildman–Crippen LogP) is 2.71. The third-order valence-electron chi connectivity index (χ3n) is 5.18. The lowest BCUT2D eigenvalue weighted by Crippen LogP contribution is -2.50. The zero-order valence-corrected chi connectivity index (χ0v) is 17.5. The van der Waals surface area contributed by atoms with Crippen LogP contribution >= 0.6 is 0 Å². The summed E-state index contributed by atoms with van der Waals surface area (Å²) in [6.07, 6.45) is 4.59. The van der Waals surface area contributed by atoms with Crippen LogP contribution < -0.4 is 10.2 Å². The number of rotatable bonds is 3. The number of nitrogens with one attached hydrogen (secondary N) is 1. The van der Waals surface area contributed by atoms with Crippen LogP contribution in [0.15, 0.2) is 49.3 Å². The van der Waals surface area contributed by atoms with Crippen LogP contribution in [0, 0.1) is 0 Å². The SMILES string of the molecule is CC(C)(C)c1ccc(NC(=O)N2CCN(c3cc(-n4cncn4)ncn3)CC2)cc1. The van der Waals surface area contributed by atoms with E-state index in [-0.39, 0.29) is 11.4 Å². The van der Waals surface area contributed by atoms with Gasteiger partial charge in [-0.05, 0) is 23.1 Å². The van der Waals surface area contributed by atoms with Gasteiger partial charge < -0.3 is 15.1 Å². The zero-order chi connectivity index (χ0) is 21.1. The van der Waals surface area contributed by atoms with Crippen molar-refractivity contribution < 1.29 is 4.79 Å². The molecule has 0 spiro atoms. The maximum absolute atomic E-state index is 12.7. The molecule has 3 heterocycles. The summed E-state index contributed by atoms with van der Waals surface area (Å²) in [5.74, 6) is 1.48. The standard InChI is InChI=1S/C21H26N8O/c1-21(2,3)16-4-6-17(7-5-16)26-20(30)28-10-8-27(9-11-28)18-12-19(24-14-23-18)29-15-22-13-25-29/h4-7,12-15H,8-11H2,1-3H3,(H,26,30). The molecule has 1 aromatic carbocycles. The predicted molar refractivity (Wildman–Crippen MR) is 115 cm³/mol. The van der Waals surface area contributed by atoms with Gasteiger partial charge in [0.05, 0.1) is 0 Å². The maximum atomic E-state index is 12.7. The third-order valence-corrected chi connectivity index (χ3v) is 5.18. The lowest BCUT2D eigenvalue weighted by molar-refractivity contribution is 0.208. The van der Waals surface area contributed by atoms with E-state index in [9.17, 15) is 4.79 Å². The molecule has 4 rings (SSSR count). The highest BCUT2D eigenvalue weighted by atomic mass is 16.2. The van der Waals surface area contributed by atoms with Gasteiger partial charge >= 0.3 is 6.03 Å². The van der Waals surface area contributed by atoms with Crippen molar-refractivity contribution in [3.63, 3.8) is 0 Å². The smallest absolute Gasteiger partial charge is 0.321 e. The van der Waals surface area contributed by atoms with Gasteiger partial charge in [0.15, 0.2) is 5.82 Å². The second-order valence-corrected chi connectivity index (χ2v) is 8.31. The first-order valence-electron chi connectivity index (χ1n) is 9.98.